The summed E-state index contributed by atoms with van der Waals surface area (Å²) < 4.78 is 16.5. The van der Waals surface area contributed by atoms with Crippen molar-refractivity contribution in [1.82, 2.24) is 9.80 Å². The van der Waals surface area contributed by atoms with Crippen LogP contribution in [0, 0.1) is 0 Å². The molecule has 9 nitrogen and oxygen atoms in total. The van der Waals surface area contributed by atoms with E-state index in [-0.39, 0.29) is 18.5 Å². The van der Waals surface area contributed by atoms with Gasteiger partial charge in [-0.1, -0.05) is 173 Å². The van der Waals surface area contributed by atoms with Gasteiger partial charge < -0.3 is 29.1 Å². The van der Waals surface area contributed by atoms with E-state index in [1.807, 2.05) is 24.2 Å². The second kappa shape index (κ2) is 54.2. The van der Waals surface area contributed by atoms with E-state index >= 15 is 0 Å². The standard InChI is InChI=1S/C58H106N2O7/c1-4-7-10-13-16-28-37-52-65-56(55-62)42-31-22-19-25-36-47-60(50-41-51-61)49-40-48-59(45-34-26-20-23-32-43-57(63)66-53-38-29-17-14-11-8-5-2)46-35-27-21-24-33-44-58(64)67-54-39-30-18-15-12-9-6-3/h28-30,37-39,61H,4-27,31-36,40-54H2,1-3H3/b37-28-,38-29-,39-30-. The Morgan fingerprint density at radius 2 is 0.716 bits per heavy atom. The molecule has 67 heavy (non-hydrogen) atoms. The summed E-state index contributed by atoms with van der Waals surface area (Å²) in [6.45, 7) is 14.5. The molecule has 0 saturated heterocycles. The van der Waals surface area contributed by atoms with Crippen LogP contribution in [0.15, 0.2) is 42.2 Å². The van der Waals surface area contributed by atoms with Gasteiger partial charge in [0.2, 0.25) is 0 Å². The van der Waals surface area contributed by atoms with Crippen LogP contribution in [-0.4, -0.2) is 98.5 Å². The second-order valence-corrected chi connectivity index (χ2v) is 18.8. The number of allylic oxidation sites excluding steroid dienone is 4. The Labute approximate surface area is 413 Å². The minimum atomic E-state index is -0.0820. The largest absolute Gasteiger partial charge is 0.482 e. The Hall–Kier alpha value is -2.71. The minimum Gasteiger partial charge on any atom is -0.482 e. The van der Waals surface area contributed by atoms with Crippen molar-refractivity contribution in [2.75, 3.05) is 65.7 Å². The van der Waals surface area contributed by atoms with E-state index in [1.165, 1.54) is 109 Å². The van der Waals surface area contributed by atoms with Crippen LogP contribution in [0.4, 0.5) is 0 Å². The van der Waals surface area contributed by atoms with Gasteiger partial charge >= 0.3 is 11.9 Å². The van der Waals surface area contributed by atoms with Crippen LogP contribution in [0.2, 0.25) is 0 Å². The fraction of sp³-hybridized carbons (Fsp3) is 0.828. The molecular weight excluding hydrogens is 837 g/mol. The van der Waals surface area contributed by atoms with Crippen molar-refractivity contribution >= 4 is 17.9 Å². The summed E-state index contributed by atoms with van der Waals surface area (Å²) in [7, 11) is 0. The molecule has 0 radical (unpaired) electrons. The first-order valence-electron chi connectivity index (χ1n) is 28.2. The number of hydrogen-bond acceptors (Lipinski definition) is 9. The van der Waals surface area contributed by atoms with E-state index in [1.54, 1.807) is 0 Å². The fourth-order valence-corrected chi connectivity index (χ4v) is 8.26. The van der Waals surface area contributed by atoms with E-state index in [0.29, 0.717) is 44.8 Å². The lowest BCUT2D eigenvalue weighted by atomic mass is 10.1. The molecule has 1 N–H and O–H groups in total. The lowest BCUT2D eigenvalue weighted by molar-refractivity contribution is -0.143. The number of nitrogens with zero attached hydrogens (tertiary/aromatic N) is 2. The molecule has 0 saturated carbocycles. The molecule has 0 spiro atoms. The molecule has 0 aromatic carbocycles. The van der Waals surface area contributed by atoms with Gasteiger partial charge in [-0.3, -0.25) is 9.59 Å². The molecule has 390 valence electrons. The van der Waals surface area contributed by atoms with Crippen LogP contribution in [0.5, 0.6) is 0 Å². The zero-order chi connectivity index (χ0) is 48.8. The first-order valence-corrected chi connectivity index (χ1v) is 28.2. The molecular formula is C58H106N2O7. The summed E-state index contributed by atoms with van der Waals surface area (Å²) in [4.78, 5) is 41.0. The highest BCUT2D eigenvalue weighted by Crippen LogP contribution is 2.14. The highest BCUT2D eigenvalue weighted by atomic mass is 16.5. The van der Waals surface area contributed by atoms with Crippen LogP contribution in [0.25, 0.3) is 0 Å². The molecule has 9 heteroatoms. The molecule has 0 aliphatic rings. The predicted molar refractivity (Wildman–Crippen MR) is 283 cm³/mol. The van der Waals surface area contributed by atoms with Gasteiger partial charge in [0.05, 0.1) is 0 Å². The highest BCUT2D eigenvalue weighted by molar-refractivity contribution is 5.69. The number of aliphatic hydroxyl groups excluding tert-OH is 1. The summed E-state index contributed by atoms with van der Waals surface area (Å²) in [5.41, 5.74) is 0. The molecule has 0 unspecified atom stereocenters. The van der Waals surface area contributed by atoms with Crippen molar-refractivity contribution in [3.8, 4) is 0 Å². The number of esters is 2. The molecule has 0 aromatic heterocycles. The average molecular weight is 943 g/mol. The van der Waals surface area contributed by atoms with Gasteiger partial charge in [0.1, 0.15) is 19.8 Å². The summed E-state index contributed by atoms with van der Waals surface area (Å²) in [6.07, 6.45) is 50.7. The van der Waals surface area contributed by atoms with E-state index in [2.05, 4.69) is 48.8 Å². The molecule has 0 heterocycles. The molecule has 0 fully saturated rings. The molecule has 0 aromatic rings. The van der Waals surface area contributed by atoms with E-state index < -0.39 is 0 Å². The first-order chi connectivity index (χ1) is 33.0. The Kier molecular flexibility index (Phi) is 52.0. The average Bonchev–Trinajstić information content (AvgIpc) is 3.33. The fourth-order valence-electron chi connectivity index (χ4n) is 8.26. The van der Waals surface area contributed by atoms with Crippen molar-refractivity contribution in [1.29, 1.82) is 0 Å². The van der Waals surface area contributed by atoms with E-state index in [0.717, 1.165) is 136 Å². The summed E-state index contributed by atoms with van der Waals surface area (Å²) in [6, 6.07) is 0. The number of unbranched alkanes of at least 4 members (excludes halogenated alkanes) is 24. The zero-order valence-electron chi connectivity index (χ0n) is 44.1. The van der Waals surface area contributed by atoms with Crippen LogP contribution in [-0.2, 0) is 28.6 Å². The van der Waals surface area contributed by atoms with Gasteiger partial charge in [0.15, 0.2) is 11.7 Å². The van der Waals surface area contributed by atoms with Crippen molar-refractivity contribution in [2.24, 2.45) is 0 Å². The number of carbonyl (C=O) groups excluding carboxylic acids is 3. The third-order valence-electron chi connectivity index (χ3n) is 12.5. The number of rotatable bonds is 53. The van der Waals surface area contributed by atoms with Gasteiger partial charge in [0, 0.05) is 32.4 Å². The number of carbonyl (C=O) groups is 2. The highest BCUT2D eigenvalue weighted by Gasteiger charge is 2.10. The normalized spacial score (nSPS) is 11.8. The lowest BCUT2D eigenvalue weighted by Crippen LogP contribution is -2.33. The third kappa shape index (κ3) is 49.5. The molecule has 0 bridgehead atoms. The Balaban J connectivity index is 4.65. The number of hydrogen-bond donors (Lipinski definition) is 1. The van der Waals surface area contributed by atoms with Crippen molar-refractivity contribution in [3.63, 3.8) is 0 Å². The number of aliphatic hydroxyl groups is 1. The van der Waals surface area contributed by atoms with E-state index in [9.17, 15) is 19.5 Å². The quantitative estimate of drug-likeness (QED) is 0.0210. The van der Waals surface area contributed by atoms with Gasteiger partial charge in [0.25, 0.3) is 0 Å². The Morgan fingerprint density at radius 3 is 1.10 bits per heavy atom. The summed E-state index contributed by atoms with van der Waals surface area (Å²) in [5, 5.41) is 9.62. The smallest absolute Gasteiger partial charge is 0.306 e. The molecule has 0 aliphatic heterocycles. The van der Waals surface area contributed by atoms with Crippen molar-refractivity contribution < 1.29 is 33.7 Å². The summed E-state index contributed by atoms with van der Waals surface area (Å²) in [5.74, 6) is 2.29. The van der Waals surface area contributed by atoms with Gasteiger partial charge in [-0.15, -0.1) is 0 Å². The maximum atomic E-state index is 12.2. The van der Waals surface area contributed by atoms with Crippen molar-refractivity contribution in [2.45, 2.75) is 245 Å². The zero-order valence-corrected chi connectivity index (χ0v) is 44.1. The van der Waals surface area contributed by atoms with Crippen molar-refractivity contribution in [3.05, 3.63) is 42.2 Å². The summed E-state index contributed by atoms with van der Waals surface area (Å²) >= 11 is 0. The van der Waals surface area contributed by atoms with Crippen LogP contribution >= 0.6 is 0 Å². The second-order valence-electron chi connectivity index (χ2n) is 18.8. The van der Waals surface area contributed by atoms with Gasteiger partial charge in [-0.25, -0.2) is 4.79 Å². The minimum absolute atomic E-state index is 0.0820. The van der Waals surface area contributed by atoms with Crippen LogP contribution in [0.3, 0.4) is 0 Å². The Morgan fingerprint density at radius 1 is 0.388 bits per heavy atom. The maximum absolute atomic E-state index is 12.2. The monoisotopic (exact) mass is 943 g/mol. The maximum Gasteiger partial charge on any atom is 0.306 e. The van der Waals surface area contributed by atoms with Crippen LogP contribution in [0.1, 0.15) is 245 Å². The first kappa shape index (κ1) is 64.3. The molecule has 0 amide bonds. The van der Waals surface area contributed by atoms with Gasteiger partial charge in [-0.05, 0) is 123 Å². The molecule has 0 aliphatic carbocycles. The lowest BCUT2D eigenvalue weighted by Gasteiger charge is -2.26. The topological polar surface area (TPSA) is 106 Å². The Bertz CT molecular complexity index is 1160. The molecule has 0 atom stereocenters. The SMILES string of the molecule is CCCCCC/C=C\COC(=O)CCCCCCCN(CCCCCCCC(=O)OC/C=C\CCCCCC)CCCN(CCCO)CCCCCCCC(=C=O)OC/C=C\CCCCCC. The van der Waals surface area contributed by atoms with Gasteiger partial charge in [-0.2, -0.15) is 0 Å². The third-order valence-corrected chi connectivity index (χ3v) is 12.5. The predicted octanol–water partition coefficient (Wildman–Crippen LogP) is 14.8. The van der Waals surface area contributed by atoms with E-state index in [4.69, 9.17) is 14.2 Å². The molecule has 0 rings (SSSR count). The number of ether oxygens (including phenoxy) is 3. The van der Waals surface area contributed by atoms with Crippen LogP contribution < -0.4 is 0 Å².